The second-order valence-electron chi connectivity index (χ2n) is 5.51. The minimum atomic E-state index is 0.412. The van der Waals surface area contributed by atoms with Gasteiger partial charge in [-0.05, 0) is 57.6 Å². The number of hydrogen-bond donors (Lipinski definition) is 1. The third-order valence-electron chi connectivity index (χ3n) is 4.18. The van der Waals surface area contributed by atoms with Gasteiger partial charge in [0.2, 0.25) is 0 Å². The highest BCUT2D eigenvalue weighted by Crippen LogP contribution is 2.22. The minimum absolute atomic E-state index is 0.412. The van der Waals surface area contributed by atoms with Crippen molar-refractivity contribution in [1.82, 2.24) is 10.2 Å². The van der Waals surface area contributed by atoms with E-state index in [0.717, 1.165) is 43.5 Å². The third-order valence-corrected chi connectivity index (χ3v) is 4.68. The van der Waals surface area contributed by atoms with E-state index < -0.39 is 0 Å². The molecule has 0 aliphatic carbocycles. The SMILES string of the molecule is CNC(CCN(C)C1CCOCC1)c1cccc(Br)c1. The molecule has 0 saturated carbocycles. The van der Waals surface area contributed by atoms with Crippen molar-refractivity contribution >= 4 is 15.9 Å². The molecule has 1 N–H and O–H groups in total. The first-order chi connectivity index (χ1) is 9.70. The van der Waals surface area contributed by atoms with Crippen LogP contribution in [-0.2, 0) is 4.74 Å². The smallest absolute Gasteiger partial charge is 0.0480 e. The second kappa shape index (κ2) is 8.13. The van der Waals surface area contributed by atoms with Gasteiger partial charge in [0.25, 0.3) is 0 Å². The monoisotopic (exact) mass is 340 g/mol. The first-order valence-electron chi connectivity index (χ1n) is 7.41. The lowest BCUT2D eigenvalue weighted by Gasteiger charge is -2.32. The van der Waals surface area contributed by atoms with E-state index in [1.807, 2.05) is 7.05 Å². The summed E-state index contributed by atoms with van der Waals surface area (Å²) in [6.07, 6.45) is 3.45. The fourth-order valence-corrected chi connectivity index (χ4v) is 3.26. The molecule has 0 spiro atoms. The number of nitrogens with one attached hydrogen (secondary N) is 1. The highest BCUT2D eigenvalue weighted by atomic mass is 79.9. The third kappa shape index (κ3) is 4.55. The second-order valence-corrected chi connectivity index (χ2v) is 6.42. The van der Waals surface area contributed by atoms with Crippen molar-refractivity contribution in [2.75, 3.05) is 33.9 Å². The summed E-state index contributed by atoms with van der Waals surface area (Å²) in [5.74, 6) is 0. The van der Waals surface area contributed by atoms with Gasteiger partial charge < -0.3 is 15.0 Å². The van der Waals surface area contributed by atoms with E-state index in [0.29, 0.717) is 12.1 Å². The molecule has 1 aliphatic heterocycles. The Bertz CT molecular complexity index is 407. The van der Waals surface area contributed by atoms with Crippen LogP contribution in [0.2, 0.25) is 0 Å². The Hall–Kier alpha value is -0.420. The zero-order chi connectivity index (χ0) is 14.4. The van der Waals surface area contributed by atoms with Gasteiger partial charge >= 0.3 is 0 Å². The maximum absolute atomic E-state index is 5.43. The lowest BCUT2D eigenvalue weighted by atomic mass is 10.0. The molecule has 1 atom stereocenters. The summed E-state index contributed by atoms with van der Waals surface area (Å²) < 4.78 is 6.58. The van der Waals surface area contributed by atoms with E-state index in [-0.39, 0.29) is 0 Å². The molecule has 1 unspecified atom stereocenters. The van der Waals surface area contributed by atoms with Gasteiger partial charge in [-0.15, -0.1) is 0 Å². The van der Waals surface area contributed by atoms with E-state index in [2.05, 4.69) is 57.5 Å². The van der Waals surface area contributed by atoms with Crippen molar-refractivity contribution in [2.45, 2.75) is 31.3 Å². The van der Waals surface area contributed by atoms with E-state index in [4.69, 9.17) is 4.74 Å². The quantitative estimate of drug-likeness (QED) is 0.860. The summed E-state index contributed by atoms with van der Waals surface area (Å²) in [6, 6.07) is 9.67. The number of ether oxygens (including phenoxy) is 1. The molecule has 20 heavy (non-hydrogen) atoms. The summed E-state index contributed by atoms with van der Waals surface area (Å²) in [7, 11) is 4.28. The van der Waals surface area contributed by atoms with Crippen molar-refractivity contribution in [2.24, 2.45) is 0 Å². The molecule has 2 rings (SSSR count). The van der Waals surface area contributed by atoms with Gasteiger partial charge in [0.05, 0.1) is 0 Å². The summed E-state index contributed by atoms with van der Waals surface area (Å²) in [5.41, 5.74) is 1.35. The average Bonchev–Trinajstić information content (AvgIpc) is 2.48. The first kappa shape index (κ1) is 16.0. The van der Waals surface area contributed by atoms with Crippen molar-refractivity contribution in [3.8, 4) is 0 Å². The summed E-state index contributed by atoms with van der Waals surface area (Å²) >= 11 is 3.55. The molecule has 112 valence electrons. The van der Waals surface area contributed by atoms with Crippen LogP contribution < -0.4 is 5.32 Å². The highest BCUT2D eigenvalue weighted by molar-refractivity contribution is 9.10. The molecular weight excluding hydrogens is 316 g/mol. The minimum Gasteiger partial charge on any atom is -0.381 e. The lowest BCUT2D eigenvalue weighted by Crippen LogP contribution is -2.38. The predicted molar refractivity (Wildman–Crippen MR) is 87.0 cm³/mol. The van der Waals surface area contributed by atoms with Gasteiger partial charge in [0.1, 0.15) is 0 Å². The van der Waals surface area contributed by atoms with E-state index >= 15 is 0 Å². The van der Waals surface area contributed by atoms with Crippen LogP contribution in [0.5, 0.6) is 0 Å². The van der Waals surface area contributed by atoms with E-state index in [1.54, 1.807) is 0 Å². The van der Waals surface area contributed by atoms with Crippen LogP contribution in [0.3, 0.4) is 0 Å². The van der Waals surface area contributed by atoms with Crippen LogP contribution in [0.15, 0.2) is 28.7 Å². The van der Waals surface area contributed by atoms with Crippen LogP contribution in [0, 0.1) is 0 Å². The Morgan fingerprint density at radius 3 is 2.80 bits per heavy atom. The molecule has 4 heteroatoms. The van der Waals surface area contributed by atoms with Gasteiger partial charge in [0.15, 0.2) is 0 Å². The van der Waals surface area contributed by atoms with Crippen LogP contribution in [0.4, 0.5) is 0 Å². The number of benzene rings is 1. The molecule has 1 aromatic carbocycles. The molecule has 0 amide bonds. The molecule has 1 aliphatic rings. The number of nitrogens with zero attached hydrogens (tertiary/aromatic N) is 1. The van der Waals surface area contributed by atoms with Gasteiger partial charge in [-0.1, -0.05) is 28.1 Å². The largest absolute Gasteiger partial charge is 0.381 e. The molecule has 1 aromatic rings. The zero-order valence-electron chi connectivity index (χ0n) is 12.4. The standard InChI is InChI=1S/C16H25BrN2O/c1-18-16(13-4-3-5-14(17)12-13)6-9-19(2)15-7-10-20-11-8-15/h3-5,12,15-16,18H,6-11H2,1-2H3. The van der Waals surface area contributed by atoms with E-state index in [9.17, 15) is 0 Å². The molecule has 1 saturated heterocycles. The molecule has 1 heterocycles. The van der Waals surface area contributed by atoms with Crippen LogP contribution in [0.25, 0.3) is 0 Å². The lowest BCUT2D eigenvalue weighted by molar-refractivity contribution is 0.0420. The van der Waals surface area contributed by atoms with Gasteiger partial charge in [-0.2, -0.15) is 0 Å². The Morgan fingerprint density at radius 2 is 2.15 bits per heavy atom. The molecule has 0 aromatic heterocycles. The van der Waals surface area contributed by atoms with Gasteiger partial charge in [-0.3, -0.25) is 0 Å². The van der Waals surface area contributed by atoms with Crippen LogP contribution >= 0.6 is 15.9 Å². The first-order valence-corrected chi connectivity index (χ1v) is 8.20. The Labute approximate surface area is 130 Å². The van der Waals surface area contributed by atoms with Crippen molar-refractivity contribution in [3.05, 3.63) is 34.3 Å². The van der Waals surface area contributed by atoms with Crippen LogP contribution in [0.1, 0.15) is 30.9 Å². The van der Waals surface area contributed by atoms with Gasteiger partial charge in [0, 0.05) is 29.8 Å². The molecule has 1 fully saturated rings. The Balaban J connectivity index is 1.87. The van der Waals surface area contributed by atoms with Crippen molar-refractivity contribution in [1.29, 1.82) is 0 Å². The predicted octanol–water partition coefficient (Wildman–Crippen LogP) is 3.21. The van der Waals surface area contributed by atoms with Gasteiger partial charge in [-0.25, -0.2) is 0 Å². The molecule has 0 radical (unpaired) electrons. The van der Waals surface area contributed by atoms with Crippen molar-refractivity contribution < 1.29 is 4.74 Å². The number of halogens is 1. The van der Waals surface area contributed by atoms with Crippen molar-refractivity contribution in [3.63, 3.8) is 0 Å². The Kier molecular flexibility index (Phi) is 6.49. The highest BCUT2D eigenvalue weighted by Gasteiger charge is 2.19. The fraction of sp³-hybridized carbons (Fsp3) is 0.625. The topological polar surface area (TPSA) is 24.5 Å². The average molecular weight is 341 g/mol. The number of hydrogen-bond acceptors (Lipinski definition) is 3. The maximum Gasteiger partial charge on any atom is 0.0480 e. The summed E-state index contributed by atoms with van der Waals surface area (Å²) in [5, 5.41) is 3.43. The summed E-state index contributed by atoms with van der Waals surface area (Å²) in [4.78, 5) is 2.49. The van der Waals surface area contributed by atoms with Crippen LogP contribution in [-0.4, -0.2) is 44.8 Å². The zero-order valence-corrected chi connectivity index (χ0v) is 14.0. The molecule has 3 nitrogen and oxygen atoms in total. The molecular formula is C16H25BrN2O. The molecule has 0 bridgehead atoms. The van der Waals surface area contributed by atoms with E-state index in [1.165, 1.54) is 5.56 Å². The number of rotatable bonds is 6. The Morgan fingerprint density at radius 1 is 1.40 bits per heavy atom. The maximum atomic E-state index is 5.43. The summed E-state index contributed by atoms with van der Waals surface area (Å²) in [6.45, 7) is 2.94. The fourth-order valence-electron chi connectivity index (χ4n) is 2.84. The normalized spacial score (nSPS) is 18.4.